The summed E-state index contributed by atoms with van der Waals surface area (Å²) in [6.45, 7) is 1.81. The first-order chi connectivity index (χ1) is 11.5. The number of benzene rings is 2. The molecule has 1 heterocycles. The van der Waals surface area contributed by atoms with Crippen molar-refractivity contribution in [3.63, 3.8) is 0 Å². The van der Waals surface area contributed by atoms with Crippen LogP contribution in [0.1, 0.15) is 5.56 Å². The molecule has 126 valence electrons. The lowest BCUT2D eigenvalue weighted by atomic mass is 10.2. The van der Waals surface area contributed by atoms with E-state index in [-0.39, 0.29) is 10.6 Å². The Morgan fingerprint density at radius 3 is 2.79 bits per heavy atom. The summed E-state index contributed by atoms with van der Waals surface area (Å²) in [4.78, 5) is 9.93. The fourth-order valence-corrected chi connectivity index (χ4v) is 3.62. The average molecular weight is 349 g/mol. The summed E-state index contributed by atoms with van der Waals surface area (Å²) in [6.07, 6.45) is 0. The number of ether oxygens (including phenoxy) is 1. The molecule has 0 saturated carbocycles. The van der Waals surface area contributed by atoms with E-state index in [0.717, 1.165) is 11.6 Å². The molecule has 2 aromatic carbocycles. The van der Waals surface area contributed by atoms with E-state index in [2.05, 4.69) is 10.0 Å². The van der Waals surface area contributed by atoms with Gasteiger partial charge in [-0.05, 0) is 12.1 Å². The zero-order chi connectivity index (χ0) is 17.2. The predicted molar refractivity (Wildman–Crippen MR) is 87.5 cm³/mol. The maximum absolute atomic E-state index is 12.5. The number of nitrogens with one attached hydrogen (secondary N) is 2. The van der Waals surface area contributed by atoms with Crippen molar-refractivity contribution in [2.24, 2.45) is 0 Å². The number of rotatable bonds is 4. The summed E-state index contributed by atoms with van der Waals surface area (Å²) in [5, 5.41) is 14.2. The molecule has 0 spiro atoms. The van der Waals surface area contributed by atoms with E-state index < -0.39 is 20.6 Å². The number of anilines is 1. The highest BCUT2D eigenvalue weighted by Crippen LogP contribution is 2.28. The zero-order valence-electron chi connectivity index (χ0n) is 12.6. The molecular formula is C15H15N3O5S. The molecule has 0 aliphatic carbocycles. The van der Waals surface area contributed by atoms with Gasteiger partial charge >= 0.3 is 0 Å². The first-order valence-corrected chi connectivity index (χ1v) is 8.68. The van der Waals surface area contributed by atoms with Gasteiger partial charge < -0.3 is 10.1 Å². The van der Waals surface area contributed by atoms with Crippen LogP contribution in [0.5, 0.6) is 5.75 Å². The van der Waals surface area contributed by atoms with Crippen molar-refractivity contribution < 1.29 is 18.1 Å². The summed E-state index contributed by atoms with van der Waals surface area (Å²) < 4.78 is 32.9. The lowest BCUT2D eigenvalue weighted by molar-refractivity contribution is -0.387. The number of hydrogen-bond acceptors (Lipinski definition) is 6. The van der Waals surface area contributed by atoms with Crippen LogP contribution in [-0.2, 0) is 16.6 Å². The maximum atomic E-state index is 12.5. The van der Waals surface area contributed by atoms with E-state index >= 15 is 0 Å². The number of nitro groups is 1. The van der Waals surface area contributed by atoms with Gasteiger partial charge in [0.2, 0.25) is 0 Å². The minimum atomic E-state index is -4.09. The molecule has 9 heteroatoms. The van der Waals surface area contributed by atoms with Crippen LogP contribution >= 0.6 is 0 Å². The van der Waals surface area contributed by atoms with E-state index in [4.69, 9.17) is 4.74 Å². The molecule has 1 aliphatic rings. The van der Waals surface area contributed by atoms with Gasteiger partial charge in [-0.1, -0.05) is 18.2 Å². The Kier molecular flexibility index (Phi) is 4.36. The van der Waals surface area contributed by atoms with Crippen LogP contribution in [0, 0.1) is 10.1 Å². The standard InChI is InChI=1S/C15H15N3O5S/c19-18(20)13-3-1-2-4-15(13)24(21,22)17-12-6-5-11-10-16-7-8-23-14(11)9-12/h1-6,9,16-17H,7-8,10H2. The van der Waals surface area contributed by atoms with Crippen LogP contribution in [0.15, 0.2) is 47.4 Å². The molecule has 0 fully saturated rings. The normalized spacial score (nSPS) is 14.2. The third-order valence-electron chi connectivity index (χ3n) is 3.52. The zero-order valence-corrected chi connectivity index (χ0v) is 13.4. The molecule has 0 saturated heterocycles. The van der Waals surface area contributed by atoms with Gasteiger partial charge in [-0.2, -0.15) is 0 Å². The number of fused-ring (bicyclic) bond motifs is 1. The first-order valence-electron chi connectivity index (χ1n) is 7.20. The molecule has 0 amide bonds. The highest BCUT2D eigenvalue weighted by molar-refractivity contribution is 7.92. The van der Waals surface area contributed by atoms with Gasteiger partial charge in [0.25, 0.3) is 15.7 Å². The lowest BCUT2D eigenvalue weighted by Crippen LogP contribution is -2.16. The molecule has 1 aliphatic heterocycles. The molecule has 0 atom stereocenters. The summed E-state index contributed by atoms with van der Waals surface area (Å²) in [7, 11) is -4.09. The van der Waals surface area contributed by atoms with Gasteiger partial charge in [0.1, 0.15) is 12.4 Å². The van der Waals surface area contributed by atoms with Crippen LogP contribution < -0.4 is 14.8 Å². The first kappa shape index (κ1) is 16.2. The fourth-order valence-electron chi connectivity index (χ4n) is 2.40. The molecule has 2 aromatic rings. The van der Waals surface area contributed by atoms with E-state index in [9.17, 15) is 18.5 Å². The Morgan fingerprint density at radius 1 is 1.21 bits per heavy atom. The smallest absolute Gasteiger partial charge is 0.289 e. The minimum absolute atomic E-state index is 0.286. The number of nitro benzene ring substituents is 1. The molecule has 2 N–H and O–H groups in total. The second-order valence-corrected chi connectivity index (χ2v) is 6.83. The van der Waals surface area contributed by atoms with Crippen LogP contribution in [0.3, 0.4) is 0 Å². The Balaban J connectivity index is 1.93. The Morgan fingerprint density at radius 2 is 2.00 bits per heavy atom. The van der Waals surface area contributed by atoms with Crippen molar-refractivity contribution in [3.8, 4) is 5.75 Å². The van der Waals surface area contributed by atoms with E-state index in [1.807, 2.05) is 0 Å². The molecular weight excluding hydrogens is 334 g/mol. The quantitative estimate of drug-likeness (QED) is 0.644. The molecule has 3 rings (SSSR count). The Bertz CT molecular complexity index is 882. The Hall–Kier alpha value is -2.65. The van der Waals surface area contributed by atoms with E-state index in [1.54, 1.807) is 18.2 Å². The number of para-hydroxylation sites is 1. The second kappa shape index (κ2) is 6.46. The van der Waals surface area contributed by atoms with Crippen molar-refractivity contribution in [1.82, 2.24) is 5.32 Å². The molecule has 0 aromatic heterocycles. The number of sulfonamides is 1. The van der Waals surface area contributed by atoms with Crippen LogP contribution in [0.25, 0.3) is 0 Å². The predicted octanol–water partition coefficient (Wildman–Crippen LogP) is 1.88. The summed E-state index contributed by atoms with van der Waals surface area (Å²) in [5.41, 5.74) is 0.732. The van der Waals surface area contributed by atoms with E-state index in [1.165, 1.54) is 18.2 Å². The van der Waals surface area contributed by atoms with Crippen molar-refractivity contribution in [2.75, 3.05) is 17.9 Å². The van der Waals surface area contributed by atoms with Gasteiger partial charge in [0, 0.05) is 30.8 Å². The highest BCUT2D eigenvalue weighted by atomic mass is 32.2. The Labute approximate surface area is 138 Å². The van der Waals surface area contributed by atoms with Crippen molar-refractivity contribution in [1.29, 1.82) is 0 Å². The van der Waals surface area contributed by atoms with Crippen LogP contribution in [0.4, 0.5) is 11.4 Å². The highest BCUT2D eigenvalue weighted by Gasteiger charge is 2.25. The molecule has 24 heavy (non-hydrogen) atoms. The molecule has 8 nitrogen and oxygen atoms in total. The minimum Gasteiger partial charge on any atom is -0.492 e. The van der Waals surface area contributed by atoms with Crippen molar-refractivity contribution in [3.05, 3.63) is 58.1 Å². The second-order valence-electron chi connectivity index (χ2n) is 5.18. The average Bonchev–Trinajstić information content (AvgIpc) is 2.79. The monoisotopic (exact) mass is 349 g/mol. The molecule has 0 unspecified atom stereocenters. The lowest BCUT2D eigenvalue weighted by Gasteiger charge is -2.12. The maximum Gasteiger partial charge on any atom is 0.289 e. The SMILES string of the molecule is O=[N+]([O-])c1ccccc1S(=O)(=O)Nc1ccc2c(c1)OCCNC2. The largest absolute Gasteiger partial charge is 0.492 e. The van der Waals surface area contributed by atoms with Gasteiger partial charge in [-0.15, -0.1) is 0 Å². The molecule has 0 bridgehead atoms. The van der Waals surface area contributed by atoms with Crippen molar-refractivity contribution >= 4 is 21.4 Å². The number of hydrogen-bond donors (Lipinski definition) is 2. The number of nitrogens with zero attached hydrogens (tertiary/aromatic N) is 1. The third-order valence-corrected chi connectivity index (χ3v) is 4.95. The van der Waals surface area contributed by atoms with Crippen molar-refractivity contribution in [2.45, 2.75) is 11.4 Å². The van der Waals surface area contributed by atoms with Gasteiger partial charge in [-0.25, -0.2) is 8.42 Å². The fraction of sp³-hybridized carbons (Fsp3) is 0.200. The van der Waals surface area contributed by atoms with E-state index in [0.29, 0.717) is 25.4 Å². The summed E-state index contributed by atoms with van der Waals surface area (Å²) in [5.74, 6) is 0.586. The molecule has 0 radical (unpaired) electrons. The summed E-state index contributed by atoms with van der Waals surface area (Å²) >= 11 is 0. The van der Waals surface area contributed by atoms with Gasteiger partial charge in [0.05, 0.1) is 10.6 Å². The van der Waals surface area contributed by atoms with Crippen LogP contribution in [-0.4, -0.2) is 26.5 Å². The van der Waals surface area contributed by atoms with Crippen LogP contribution in [0.2, 0.25) is 0 Å². The topological polar surface area (TPSA) is 111 Å². The third kappa shape index (κ3) is 3.31. The summed E-state index contributed by atoms with van der Waals surface area (Å²) in [6, 6.07) is 10.1. The van der Waals surface area contributed by atoms with Gasteiger partial charge in [0.15, 0.2) is 4.90 Å². The van der Waals surface area contributed by atoms with Gasteiger partial charge in [-0.3, -0.25) is 14.8 Å².